The van der Waals surface area contributed by atoms with E-state index in [4.69, 9.17) is 4.55 Å². The molecule has 0 radical (unpaired) electrons. The first-order valence-corrected chi connectivity index (χ1v) is 8.81. The summed E-state index contributed by atoms with van der Waals surface area (Å²) >= 11 is 0. The Morgan fingerprint density at radius 2 is 1.96 bits per heavy atom. The molecular weight excluding hydrogens is 322 g/mol. The summed E-state index contributed by atoms with van der Waals surface area (Å²) in [6.07, 6.45) is 2.56. The molecule has 1 amide bonds. The maximum Gasteiger partial charge on any atom is 0.329 e. The van der Waals surface area contributed by atoms with Gasteiger partial charge in [-0.1, -0.05) is 31.5 Å². The quantitative estimate of drug-likeness (QED) is 0.542. The molecule has 0 fully saturated rings. The molecule has 0 heterocycles. The zero-order chi connectivity index (χ0) is 17.5. The molecule has 1 atom stereocenters. The van der Waals surface area contributed by atoms with Crippen molar-refractivity contribution < 1.29 is 27.3 Å². The fourth-order valence-corrected chi connectivity index (χ4v) is 2.73. The third kappa shape index (κ3) is 6.37. The molecule has 0 aromatic heterocycles. The Kier molecular flexibility index (Phi) is 7.18. The van der Waals surface area contributed by atoms with Gasteiger partial charge in [0.1, 0.15) is 11.8 Å². The summed E-state index contributed by atoms with van der Waals surface area (Å²) in [5, 5.41) is 2.30. The summed E-state index contributed by atoms with van der Waals surface area (Å²) in [5.74, 6) is -2.47. The summed E-state index contributed by atoms with van der Waals surface area (Å²) in [6, 6.07) is 5.42. The minimum atomic E-state index is -4.45. The highest BCUT2D eigenvalue weighted by molar-refractivity contribution is 7.85. The number of carbonyl (C=O) groups is 2. The lowest BCUT2D eigenvalue weighted by molar-refractivity contribution is -0.142. The highest BCUT2D eigenvalue weighted by Gasteiger charge is 2.27. The Labute approximate surface area is 135 Å². The molecule has 7 nitrogen and oxygen atoms in total. The zero-order valence-corrected chi connectivity index (χ0v) is 13.9. The lowest BCUT2D eigenvalue weighted by atomic mass is 10.0. The number of hydrogen-bond acceptors (Lipinski definition) is 5. The second kappa shape index (κ2) is 8.64. The molecule has 1 aromatic carbocycles. The van der Waals surface area contributed by atoms with Gasteiger partial charge in [-0.3, -0.25) is 9.35 Å². The monoisotopic (exact) mass is 343 g/mol. The Morgan fingerprint density at radius 1 is 1.30 bits per heavy atom. The normalized spacial score (nSPS) is 12.5. The Morgan fingerprint density at radius 3 is 2.52 bits per heavy atom. The van der Waals surface area contributed by atoms with Crippen LogP contribution in [0, 0.1) is 0 Å². The maximum absolute atomic E-state index is 12.3. The standard InChI is InChI=1S/C15H21NO6S/c1-3-4-7-11-8-5-6-9-12(11)14(17)16-13(15(18)22-2)10-23(19,20)21/h5-6,8-9,13H,3-4,7,10H2,1-2H3,(H,16,17)(H,19,20,21)/t13-/m0/s1. The highest BCUT2D eigenvalue weighted by Crippen LogP contribution is 2.12. The molecule has 0 spiro atoms. The topological polar surface area (TPSA) is 110 Å². The third-order valence-electron chi connectivity index (χ3n) is 3.23. The molecule has 0 saturated carbocycles. The average Bonchev–Trinajstić information content (AvgIpc) is 2.50. The van der Waals surface area contributed by atoms with Gasteiger partial charge in [-0.15, -0.1) is 0 Å². The predicted octanol–water partition coefficient (Wildman–Crippen LogP) is 1.19. The average molecular weight is 343 g/mol. The number of methoxy groups -OCH3 is 1. The molecule has 0 saturated heterocycles. The summed E-state index contributed by atoms with van der Waals surface area (Å²) < 4.78 is 35.3. The van der Waals surface area contributed by atoms with Crippen LogP contribution in [0.25, 0.3) is 0 Å². The number of esters is 1. The molecule has 0 aliphatic carbocycles. The van der Waals surface area contributed by atoms with E-state index in [2.05, 4.69) is 10.1 Å². The molecule has 1 aromatic rings. The number of benzene rings is 1. The number of nitrogens with one attached hydrogen (secondary N) is 1. The molecule has 8 heteroatoms. The number of rotatable bonds is 8. The number of aryl methyl sites for hydroxylation is 1. The van der Waals surface area contributed by atoms with Gasteiger partial charge in [0.25, 0.3) is 16.0 Å². The van der Waals surface area contributed by atoms with E-state index in [1.54, 1.807) is 24.3 Å². The van der Waals surface area contributed by atoms with E-state index in [0.717, 1.165) is 25.5 Å². The van der Waals surface area contributed by atoms with Crippen LogP contribution >= 0.6 is 0 Å². The summed E-state index contributed by atoms with van der Waals surface area (Å²) in [5.41, 5.74) is 1.17. The van der Waals surface area contributed by atoms with Crippen LogP contribution in [0.4, 0.5) is 0 Å². The van der Waals surface area contributed by atoms with Crippen LogP contribution in [-0.2, 0) is 26.1 Å². The van der Waals surface area contributed by atoms with Crippen molar-refractivity contribution >= 4 is 22.0 Å². The Hall–Kier alpha value is -1.93. The minimum absolute atomic E-state index is 0.366. The van der Waals surface area contributed by atoms with Crippen LogP contribution in [0.2, 0.25) is 0 Å². The van der Waals surface area contributed by atoms with Crippen molar-refractivity contribution in [3.05, 3.63) is 35.4 Å². The van der Waals surface area contributed by atoms with Crippen LogP contribution in [0.3, 0.4) is 0 Å². The van der Waals surface area contributed by atoms with Crippen molar-refractivity contribution in [1.29, 1.82) is 0 Å². The van der Waals surface area contributed by atoms with Gasteiger partial charge in [0.15, 0.2) is 0 Å². The Bertz CT molecular complexity index is 656. The van der Waals surface area contributed by atoms with E-state index in [9.17, 15) is 18.0 Å². The molecule has 0 aliphatic heterocycles. The number of ether oxygens (including phenoxy) is 1. The van der Waals surface area contributed by atoms with Crippen LogP contribution in [-0.4, -0.2) is 43.8 Å². The highest BCUT2D eigenvalue weighted by atomic mass is 32.2. The molecule has 0 bridgehead atoms. The second-order valence-electron chi connectivity index (χ2n) is 5.06. The first-order valence-electron chi connectivity index (χ1n) is 7.20. The van der Waals surface area contributed by atoms with Crippen LogP contribution < -0.4 is 5.32 Å². The molecular formula is C15H21NO6S. The molecule has 23 heavy (non-hydrogen) atoms. The SMILES string of the molecule is CCCCc1ccccc1C(=O)N[C@@H](CS(=O)(=O)O)C(=O)OC. The van der Waals surface area contributed by atoms with E-state index < -0.39 is 33.8 Å². The van der Waals surface area contributed by atoms with Crippen molar-refractivity contribution in [3.8, 4) is 0 Å². The van der Waals surface area contributed by atoms with Gasteiger partial charge in [-0.05, 0) is 24.5 Å². The first-order chi connectivity index (χ1) is 10.8. The molecule has 0 aliphatic rings. The van der Waals surface area contributed by atoms with E-state index >= 15 is 0 Å². The Balaban J connectivity index is 2.97. The lowest BCUT2D eigenvalue weighted by Crippen LogP contribution is -2.46. The maximum atomic E-state index is 12.3. The smallest absolute Gasteiger partial charge is 0.329 e. The number of amides is 1. The van der Waals surface area contributed by atoms with Crippen molar-refractivity contribution in [3.63, 3.8) is 0 Å². The van der Waals surface area contributed by atoms with E-state index in [-0.39, 0.29) is 0 Å². The van der Waals surface area contributed by atoms with Gasteiger partial charge in [-0.25, -0.2) is 4.79 Å². The van der Waals surface area contributed by atoms with Crippen molar-refractivity contribution in [2.75, 3.05) is 12.9 Å². The summed E-state index contributed by atoms with van der Waals surface area (Å²) in [6.45, 7) is 2.03. The molecule has 0 unspecified atom stereocenters. The van der Waals surface area contributed by atoms with Gasteiger partial charge in [0.05, 0.1) is 7.11 Å². The van der Waals surface area contributed by atoms with E-state index in [1.807, 2.05) is 6.92 Å². The van der Waals surface area contributed by atoms with Gasteiger partial charge >= 0.3 is 5.97 Å². The number of carbonyl (C=O) groups excluding carboxylic acids is 2. The van der Waals surface area contributed by atoms with Crippen molar-refractivity contribution in [2.45, 2.75) is 32.2 Å². The third-order valence-corrected chi connectivity index (χ3v) is 3.98. The van der Waals surface area contributed by atoms with E-state index in [1.165, 1.54) is 0 Å². The van der Waals surface area contributed by atoms with Crippen LogP contribution in [0.1, 0.15) is 35.7 Å². The fraction of sp³-hybridized carbons (Fsp3) is 0.467. The molecule has 1 rings (SSSR count). The first kappa shape index (κ1) is 19.1. The van der Waals surface area contributed by atoms with Gasteiger partial charge < -0.3 is 10.1 Å². The van der Waals surface area contributed by atoms with Gasteiger partial charge in [-0.2, -0.15) is 8.42 Å². The largest absolute Gasteiger partial charge is 0.467 e. The molecule has 128 valence electrons. The van der Waals surface area contributed by atoms with Crippen LogP contribution in [0.15, 0.2) is 24.3 Å². The van der Waals surface area contributed by atoms with Crippen molar-refractivity contribution in [1.82, 2.24) is 5.32 Å². The summed E-state index contributed by atoms with van der Waals surface area (Å²) in [7, 11) is -3.38. The zero-order valence-electron chi connectivity index (χ0n) is 13.1. The van der Waals surface area contributed by atoms with E-state index in [0.29, 0.717) is 12.0 Å². The van der Waals surface area contributed by atoms with Gasteiger partial charge in [0, 0.05) is 5.56 Å². The summed E-state index contributed by atoms with van der Waals surface area (Å²) in [4.78, 5) is 24.0. The molecule has 2 N–H and O–H groups in total. The predicted molar refractivity (Wildman–Crippen MR) is 84.7 cm³/mol. The van der Waals surface area contributed by atoms with Gasteiger partial charge in [0.2, 0.25) is 0 Å². The number of hydrogen-bond donors (Lipinski definition) is 2. The van der Waals surface area contributed by atoms with Crippen LogP contribution in [0.5, 0.6) is 0 Å². The fourth-order valence-electron chi connectivity index (χ4n) is 2.08. The number of unbranched alkanes of at least 4 members (excludes halogenated alkanes) is 1. The van der Waals surface area contributed by atoms with Crippen molar-refractivity contribution in [2.24, 2.45) is 0 Å². The lowest BCUT2D eigenvalue weighted by Gasteiger charge is -2.16. The minimum Gasteiger partial charge on any atom is -0.467 e. The second-order valence-corrected chi connectivity index (χ2v) is 6.56.